The summed E-state index contributed by atoms with van der Waals surface area (Å²) < 4.78 is 1.22. The van der Waals surface area contributed by atoms with Crippen molar-refractivity contribution in [3.63, 3.8) is 0 Å². The molecule has 4 aromatic rings. The van der Waals surface area contributed by atoms with Gasteiger partial charge in [0.2, 0.25) is 11.1 Å². The number of nitrogens with two attached hydrogens (primary N) is 1. The Morgan fingerprint density at radius 3 is 2.78 bits per heavy atom. The number of benzene rings is 3. The molecule has 1 aromatic heterocycles. The standard InChI is InChI=1S/C21H17Cl2N7OS/c22-15-9-8-14(17(23)10-15)11-25-27-20-28-29-21(30(20)24)32-12-19(31)26-18-7-3-5-13-4-1-2-6-16(13)18/h1-11H,12,24H2,(H,26,31)(H,27,28)/b25-11+. The summed E-state index contributed by atoms with van der Waals surface area (Å²) in [6.45, 7) is 0. The van der Waals surface area contributed by atoms with Crippen LogP contribution in [0.4, 0.5) is 11.6 Å². The van der Waals surface area contributed by atoms with Crippen LogP contribution in [0.15, 0.2) is 70.9 Å². The summed E-state index contributed by atoms with van der Waals surface area (Å²) in [6.07, 6.45) is 1.51. The molecular weight excluding hydrogens is 469 g/mol. The van der Waals surface area contributed by atoms with Gasteiger partial charge in [-0.2, -0.15) is 5.10 Å². The second kappa shape index (κ2) is 9.90. The third-order valence-electron chi connectivity index (χ3n) is 4.39. The van der Waals surface area contributed by atoms with Crippen LogP contribution in [0.5, 0.6) is 0 Å². The van der Waals surface area contributed by atoms with E-state index in [-0.39, 0.29) is 17.6 Å². The molecule has 0 bridgehead atoms. The molecule has 1 amide bonds. The number of nitrogen functional groups attached to an aromatic ring is 1. The van der Waals surface area contributed by atoms with Crippen LogP contribution in [0.2, 0.25) is 10.0 Å². The van der Waals surface area contributed by atoms with E-state index in [1.807, 2.05) is 42.5 Å². The Kier molecular flexibility index (Phi) is 6.79. The summed E-state index contributed by atoms with van der Waals surface area (Å²) in [5.74, 6) is 6.15. The van der Waals surface area contributed by atoms with Gasteiger partial charge >= 0.3 is 0 Å². The fourth-order valence-corrected chi connectivity index (χ4v) is 3.98. The van der Waals surface area contributed by atoms with Crippen molar-refractivity contribution in [1.82, 2.24) is 14.9 Å². The van der Waals surface area contributed by atoms with Gasteiger partial charge in [-0.05, 0) is 23.6 Å². The van der Waals surface area contributed by atoms with E-state index in [0.29, 0.717) is 20.8 Å². The number of nitrogens with one attached hydrogen (secondary N) is 2. The third kappa shape index (κ3) is 5.13. The maximum absolute atomic E-state index is 12.4. The molecule has 8 nitrogen and oxygen atoms in total. The zero-order valence-electron chi connectivity index (χ0n) is 16.5. The number of anilines is 2. The topological polar surface area (TPSA) is 110 Å². The Morgan fingerprint density at radius 2 is 1.94 bits per heavy atom. The van der Waals surface area contributed by atoms with E-state index in [1.165, 1.54) is 10.9 Å². The number of rotatable bonds is 7. The Bertz CT molecular complexity index is 1300. The van der Waals surface area contributed by atoms with Crippen molar-refractivity contribution in [1.29, 1.82) is 0 Å². The molecule has 0 radical (unpaired) electrons. The number of carbonyl (C=O) groups is 1. The van der Waals surface area contributed by atoms with Gasteiger partial charge < -0.3 is 11.2 Å². The van der Waals surface area contributed by atoms with Gasteiger partial charge in [0.05, 0.1) is 17.0 Å². The second-order valence-corrected chi connectivity index (χ2v) is 8.36. The number of halogens is 2. The molecule has 0 saturated carbocycles. The number of nitrogens with zero attached hydrogens (tertiary/aromatic N) is 4. The van der Waals surface area contributed by atoms with E-state index in [1.54, 1.807) is 18.2 Å². The average molecular weight is 486 g/mol. The van der Waals surface area contributed by atoms with Crippen LogP contribution in [0.3, 0.4) is 0 Å². The molecule has 0 spiro atoms. The number of fused-ring (bicyclic) bond motifs is 1. The second-order valence-electron chi connectivity index (χ2n) is 6.58. The molecule has 0 aliphatic carbocycles. The van der Waals surface area contributed by atoms with Crippen LogP contribution in [-0.2, 0) is 4.79 Å². The number of hydrogen-bond acceptors (Lipinski definition) is 7. The largest absolute Gasteiger partial charge is 0.334 e. The van der Waals surface area contributed by atoms with Gasteiger partial charge in [0.1, 0.15) is 0 Å². The molecule has 4 N–H and O–H groups in total. The van der Waals surface area contributed by atoms with E-state index in [4.69, 9.17) is 29.0 Å². The summed E-state index contributed by atoms with van der Waals surface area (Å²) in [5.41, 5.74) is 4.12. The van der Waals surface area contributed by atoms with Gasteiger partial charge in [-0.25, -0.2) is 10.1 Å². The fourth-order valence-electron chi connectivity index (χ4n) is 2.87. The lowest BCUT2D eigenvalue weighted by molar-refractivity contribution is -0.113. The molecular formula is C21H17Cl2N7OS. The number of hydrogen-bond donors (Lipinski definition) is 3. The lowest BCUT2D eigenvalue weighted by Gasteiger charge is -2.08. The van der Waals surface area contributed by atoms with Crippen LogP contribution in [0, 0.1) is 0 Å². The fraction of sp³-hybridized carbons (Fsp3) is 0.0476. The van der Waals surface area contributed by atoms with Crippen molar-refractivity contribution < 1.29 is 4.79 Å². The van der Waals surface area contributed by atoms with E-state index in [2.05, 4.69) is 26.0 Å². The Balaban J connectivity index is 1.35. The van der Waals surface area contributed by atoms with Crippen molar-refractivity contribution >= 4 is 69.5 Å². The zero-order valence-corrected chi connectivity index (χ0v) is 18.8. The first-order valence-corrected chi connectivity index (χ1v) is 11.1. The number of hydrazone groups is 1. The van der Waals surface area contributed by atoms with E-state index in [0.717, 1.165) is 28.2 Å². The maximum Gasteiger partial charge on any atom is 0.264 e. The number of thioether (sulfide) groups is 1. The van der Waals surface area contributed by atoms with E-state index in [9.17, 15) is 4.79 Å². The molecule has 4 rings (SSSR count). The zero-order chi connectivity index (χ0) is 22.5. The summed E-state index contributed by atoms with van der Waals surface area (Å²) in [4.78, 5) is 12.4. The summed E-state index contributed by atoms with van der Waals surface area (Å²) in [7, 11) is 0. The summed E-state index contributed by atoms with van der Waals surface area (Å²) in [5, 5.41) is 18.3. The van der Waals surface area contributed by atoms with Gasteiger partial charge in [0.25, 0.3) is 5.95 Å². The Hall–Kier alpha value is -3.27. The van der Waals surface area contributed by atoms with Crippen molar-refractivity contribution in [2.24, 2.45) is 5.10 Å². The Morgan fingerprint density at radius 1 is 1.12 bits per heavy atom. The molecule has 0 fully saturated rings. The van der Waals surface area contributed by atoms with Crippen LogP contribution in [-0.4, -0.2) is 32.7 Å². The minimum absolute atomic E-state index is 0.113. The molecule has 0 aliphatic heterocycles. The first kappa shape index (κ1) is 21.9. The van der Waals surface area contributed by atoms with Crippen molar-refractivity contribution in [3.8, 4) is 0 Å². The first-order valence-electron chi connectivity index (χ1n) is 9.36. The maximum atomic E-state index is 12.4. The number of carbonyl (C=O) groups excluding carboxylic acids is 1. The molecule has 162 valence electrons. The molecule has 1 heterocycles. The minimum atomic E-state index is -0.181. The molecule has 32 heavy (non-hydrogen) atoms. The highest BCUT2D eigenvalue weighted by Gasteiger charge is 2.13. The SMILES string of the molecule is Nn1c(N/N=C/c2ccc(Cl)cc2Cl)nnc1SCC(=O)Nc1cccc2ccccc12. The van der Waals surface area contributed by atoms with Crippen LogP contribution >= 0.6 is 35.0 Å². The Labute approximate surface area is 197 Å². The summed E-state index contributed by atoms with van der Waals surface area (Å²) in [6, 6.07) is 18.7. The molecule has 0 atom stereocenters. The first-order chi connectivity index (χ1) is 15.5. The van der Waals surface area contributed by atoms with Crippen molar-refractivity contribution in [2.75, 3.05) is 22.3 Å². The lowest BCUT2D eigenvalue weighted by Crippen LogP contribution is -2.17. The van der Waals surface area contributed by atoms with E-state index < -0.39 is 0 Å². The molecule has 0 aliphatic rings. The minimum Gasteiger partial charge on any atom is -0.334 e. The van der Waals surface area contributed by atoms with Crippen molar-refractivity contribution in [2.45, 2.75) is 5.16 Å². The highest BCUT2D eigenvalue weighted by Crippen LogP contribution is 2.24. The molecule has 0 saturated heterocycles. The summed E-state index contributed by atoms with van der Waals surface area (Å²) >= 11 is 13.1. The van der Waals surface area contributed by atoms with Crippen LogP contribution in [0.25, 0.3) is 10.8 Å². The third-order valence-corrected chi connectivity index (χ3v) is 5.90. The lowest BCUT2D eigenvalue weighted by atomic mass is 10.1. The van der Waals surface area contributed by atoms with E-state index >= 15 is 0 Å². The quantitative estimate of drug-likeness (QED) is 0.152. The highest BCUT2D eigenvalue weighted by atomic mass is 35.5. The van der Waals surface area contributed by atoms with Gasteiger partial charge in [-0.3, -0.25) is 4.79 Å². The molecule has 0 unspecified atom stereocenters. The highest BCUT2D eigenvalue weighted by molar-refractivity contribution is 7.99. The number of aromatic nitrogens is 3. The normalized spacial score (nSPS) is 11.2. The molecule has 11 heteroatoms. The van der Waals surface area contributed by atoms with Gasteiger partial charge in [0, 0.05) is 21.7 Å². The van der Waals surface area contributed by atoms with Crippen molar-refractivity contribution in [3.05, 3.63) is 76.3 Å². The van der Waals surface area contributed by atoms with Gasteiger partial charge in [-0.1, -0.05) is 77.4 Å². The van der Waals surface area contributed by atoms with Gasteiger partial charge in [-0.15, -0.1) is 10.2 Å². The predicted octanol–water partition coefficient (Wildman–Crippen LogP) is 4.63. The monoisotopic (exact) mass is 485 g/mol. The van der Waals surface area contributed by atoms with Crippen LogP contribution < -0.4 is 16.6 Å². The number of amides is 1. The predicted molar refractivity (Wildman–Crippen MR) is 131 cm³/mol. The van der Waals surface area contributed by atoms with Crippen LogP contribution in [0.1, 0.15) is 5.56 Å². The smallest absolute Gasteiger partial charge is 0.264 e. The average Bonchev–Trinajstić information content (AvgIpc) is 3.13. The molecule has 3 aromatic carbocycles. The van der Waals surface area contributed by atoms with Gasteiger partial charge in [0.15, 0.2) is 0 Å².